The van der Waals surface area contributed by atoms with Crippen molar-refractivity contribution < 1.29 is 4.74 Å². The molecule has 2 aromatic carbocycles. The summed E-state index contributed by atoms with van der Waals surface area (Å²) in [4.78, 5) is 0. The number of para-hydroxylation sites is 2. The van der Waals surface area contributed by atoms with E-state index < -0.39 is 0 Å². The van der Waals surface area contributed by atoms with Crippen LogP contribution in [-0.4, -0.2) is 6.10 Å². The molecule has 2 nitrogen and oxygen atoms in total. The SMILES string of the molecule is Cc1cc(C)cc(C(C)Nc2ccccc2OC(C)C)c1. The van der Waals surface area contributed by atoms with Crippen molar-refractivity contribution in [3.63, 3.8) is 0 Å². The third-order valence-corrected chi connectivity index (χ3v) is 3.37. The Labute approximate surface area is 128 Å². The first-order valence-electron chi connectivity index (χ1n) is 7.56. The van der Waals surface area contributed by atoms with Crippen molar-refractivity contribution in [3.05, 3.63) is 59.2 Å². The Balaban J connectivity index is 2.21. The third kappa shape index (κ3) is 4.25. The minimum absolute atomic E-state index is 0.171. The molecule has 2 heteroatoms. The molecule has 0 heterocycles. The van der Waals surface area contributed by atoms with Crippen molar-refractivity contribution in [2.45, 2.75) is 46.8 Å². The van der Waals surface area contributed by atoms with E-state index in [4.69, 9.17) is 4.74 Å². The molecule has 0 fully saturated rings. The summed E-state index contributed by atoms with van der Waals surface area (Å²) in [6.45, 7) is 10.5. The van der Waals surface area contributed by atoms with Crippen LogP contribution in [-0.2, 0) is 0 Å². The molecular weight excluding hydrogens is 258 g/mol. The van der Waals surface area contributed by atoms with E-state index in [1.807, 2.05) is 32.0 Å². The first-order valence-corrected chi connectivity index (χ1v) is 7.56. The second-order valence-corrected chi connectivity index (χ2v) is 5.95. The van der Waals surface area contributed by atoms with E-state index in [-0.39, 0.29) is 12.1 Å². The zero-order valence-electron chi connectivity index (χ0n) is 13.6. The lowest BCUT2D eigenvalue weighted by Gasteiger charge is -2.20. The van der Waals surface area contributed by atoms with E-state index in [1.165, 1.54) is 16.7 Å². The van der Waals surface area contributed by atoms with Gasteiger partial charge >= 0.3 is 0 Å². The highest BCUT2D eigenvalue weighted by atomic mass is 16.5. The Kier molecular flexibility index (Phi) is 4.89. The van der Waals surface area contributed by atoms with Gasteiger partial charge in [-0.2, -0.15) is 0 Å². The minimum Gasteiger partial charge on any atom is -0.489 e. The molecule has 0 aromatic heterocycles. The fraction of sp³-hybridized carbons (Fsp3) is 0.368. The van der Waals surface area contributed by atoms with E-state index >= 15 is 0 Å². The summed E-state index contributed by atoms with van der Waals surface area (Å²) in [6.07, 6.45) is 0.171. The lowest BCUT2D eigenvalue weighted by molar-refractivity contribution is 0.243. The summed E-state index contributed by atoms with van der Waals surface area (Å²) in [7, 11) is 0. The van der Waals surface area contributed by atoms with Gasteiger partial charge in [-0.1, -0.05) is 41.5 Å². The van der Waals surface area contributed by atoms with Crippen LogP contribution < -0.4 is 10.1 Å². The van der Waals surface area contributed by atoms with Gasteiger partial charge in [0, 0.05) is 6.04 Å². The molecule has 0 radical (unpaired) electrons. The number of hydrogen-bond donors (Lipinski definition) is 1. The van der Waals surface area contributed by atoms with Gasteiger partial charge in [0.25, 0.3) is 0 Å². The van der Waals surface area contributed by atoms with Gasteiger partial charge in [-0.25, -0.2) is 0 Å². The summed E-state index contributed by atoms with van der Waals surface area (Å²) in [5.74, 6) is 0.906. The molecule has 1 N–H and O–H groups in total. The van der Waals surface area contributed by atoms with Crippen LogP contribution in [0.15, 0.2) is 42.5 Å². The second kappa shape index (κ2) is 6.66. The molecule has 0 aliphatic rings. The summed E-state index contributed by atoms with van der Waals surface area (Å²) < 4.78 is 5.87. The molecule has 0 aliphatic heterocycles. The maximum atomic E-state index is 5.87. The molecule has 21 heavy (non-hydrogen) atoms. The molecule has 0 amide bonds. The number of hydrogen-bond acceptors (Lipinski definition) is 2. The van der Waals surface area contributed by atoms with Crippen LogP contribution in [0.1, 0.15) is 43.5 Å². The smallest absolute Gasteiger partial charge is 0.142 e. The van der Waals surface area contributed by atoms with Crippen molar-refractivity contribution in [3.8, 4) is 5.75 Å². The van der Waals surface area contributed by atoms with E-state index in [0.29, 0.717) is 0 Å². The monoisotopic (exact) mass is 283 g/mol. The van der Waals surface area contributed by atoms with Gasteiger partial charge in [0.05, 0.1) is 11.8 Å². The van der Waals surface area contributed by atoms with Gasteiger partial charge in [-0.3, -0.25) is 0 Å². The average Bonchev–Trinajstić information content (AvgIpc) is 2.39. The molecule has 0 bridgehead atoms. The first kappa shape index (κ1) is 15.4. The van der Waals surface area contributed by atoms with E-state index in [1.54, 1.807) is 0 Å². The van der Waals surface area contributed by atoms with Gasteiger partial charge in [-0.15, -0.1) is 0 Å². The molecule has 2 rings (SSSR count). The topological polar surface area (TPSA) is 21.3 Å². The molecule has 0 aliphatic carbocycles. The predicted molar refractivity (Wildman–Crippen MR) is 90.2 cm³/mol. The zero-order chi connectivity index (χ0) is 15.4. The van der Waals surface area contributed by atoms with Crippen LogP contribution in [0, 0.1) is 13.8 Å². The maximum absolute atomic E-state index is 5.87. The van der Waals surface area contributed by atoms with Gasteiger partial charge in [0.1, 0.15) is 5.75 Å². The van der Waals surface area contributed by atoms with Crippen molar-refractivity contribution >= 4 is 5.69 Å². The molecule has 0 saturated heterocycles. The molecule has 0 saturated carbocycles. The molecular formula is C19H25NO. The highest BCUT2D eigenvalue weighted by Gasteiger charge is 2.10. The van der Waals surface area contributed by atoms with Crippen molar-refractivity contribution in [1.82, 2.24) is 0 Å². The third-order valence-electron chi connectivity index (χ3n) is 3.37. The number of nitrogens with one attached hydrogen (secondary N) is 1. The van der Waals surface area contributed by atoms with Crippen molar-refractivity contribution in [2.24, 2.45) is 0 Å². The largest absolute Gasteiger partial charge is 0.489 e. The normalized spacial score (nSPS) is 12.3. The van der Waals surface area contributed by atoms with Crippen molar-refractivity contribution in [2.75, 3.05) is 5.32 Å². The quantitative estimate of drug-likeness (QED) is 0.807. The van der Waals surface area contributed by atoms with Crippen LogP contribution >= 0.6 is 0 Å². The molecule has 112 valence electrons. The number of benzene rings is 2. The van der Waals surface area contributed by atoms with Crippen LogP contribution in [0.25, 0.3) is 0 Å². The Morgan fingerprint density at radius 1 is 0.905 bits per heavy atom. The minimum atomic E-state index is 0.171. The number of aryl methyl sites for hydroxylation is 2. The highest BCUT2D eigenvalue weighted by Crippen LogP contribution is 2.29. The summed E-state index contributed by atoms with van der Waals surface area (Å²) in [6, 6.07) is 15.0. The summed E-state index contributed by atoms with van der Waals surface area (Å²) in [5, 5.41) is 3.56. The summed E-state index contributed by atoms with van der Waals surface area (Å²) >= 11 is 0. The van der Waals surface area contributed by atoms with Crippen LogP contribution in [0.2, 0.25) is 0 Å². The highest BCUT2D eigenvalue weighted by molar-refractivity contribution is 5.57. The van der Waals surface area contributed by atoms with Gasteiger partial charge in [0.15, 0.2) is 0 Å². The average molecular weight is 283 g/mol. The van der Waals surface area contributed by atoms with E-state index in [2.05, 4.69) is 50.4 Å². The van der Waals surface area contributed by atoms with E-state index in [9.17, 15) is 0 Å². The number of anilines is 1. The van der Waals surface area contributed by atoms with Gasteiger partial charge < -0.3 is 10.1 Å². The van der Waals surface area contributed by atoms with Crippen LogP contribution in [0.4, 0.5) is 5.69 Å². The lowest BCUT2D eigenvalue weighted by atomic mass is 10.0. The number of ether oxygens (including phenoxy) is 1. The Bertz CT molecular complexity index is 584. The van der Waals surface area contributed by atoms with Crippen LogP contribution in [0.5, 0.6) is 5.75 Å². The zero-order valence-corrected chi connectivity index (χ0v) is 13.6. The number of rotatable bonds is 5. The Morgan fingerprint density at radius 3 is 2.14 bits per heavy atom. The predicted octanol–water partition coefficient (Wildman–Crippen LogP) is 5.26. The Morgan fingerprint density at radius 2 is 1.52 bits per heavy atom. The molecule has 2 aromatic rings. The summed E-state index contributed by atoms with van der Waals surface area (Å²) in [5.41, 5.74) is 4.93. The molecule has 1 atom stereocenters. The fourth-order valence-corrected chi connectivity index (χ4v) is 2.52. The fourth-order valence-electron chi connectivity index (χ4n) is 2.52. The Hall–Kier alpha value is -1.96. The maximum Gasteiger partial charge on any atom is 0.142 e. The van der Waals surface area contributed by atoms with Crippen molar-refractivity contribution in [1.29, 1.82) is 0 Å². The van der Waals surface area contributed by atoms with Gasteiger partial charge in [-0.05, 0) is 52.3 Å². The first-order chi connectivity index (χ1) is 9.95. The van der Waals surface area contributed by atoms with E-state index in [0.717, 1.165) is 11.4 Å². The standard InChI is InChI=1S/C19H25NO/c1-13(2)21-19-9-7-6-8-18(19)20-16(5)17-11-14(3)10-15(4)12-17/h6-13,16,20H,1-5H3. The van der Waals surface area contributed by atoms with Gasteiger partial charge in [0.2, 0.25) is 0 Å². The second-order valence-electron chi connectivity index (χ2n) is 5.95. The van der Waals surface area contributed by atoms with Crippen LogP contribution in [0.3, 0.4) is 0 Å². The lowest BCUT2D eigenvalue weighted by Crippen LogP contribution is -2.11. The molecule has 1 unspecified atom stereocenters. The molecule has 0 spiro atoms.